The molecule has 0 spiro atoms. The lowest BCUT2D eigenvalue weighted by atomic mass is 10.3. The molecule has 0 N–H and O–H groups in total. The van der Waals surface area contributed by atoms with Gasteiger partial charge in [0.15, 0.2) is 0 Å². The third-order valence-electron chi connectivity index (χ3n) is 1.81. The van der Waals surface area contributed by atoms with Crippen molar-refractivity contribution < 1.29 is 18.8 Å². The highest BCUT2D eigenvalue weighted by atomic mass is 19.2. The standard InChI is InChI=1S/C10H6FNO3/c11-12-9(13)6-8(10(12)14)15-7-4-2-1-3-5-7/h1-6H. The second kappa shape index (κ2) is 3.53. The number of imide groups is 1. The summed E-state index contributed by atoms with van der Waals surface area (Å²) in [7, 11) is 0. The Morgan fingerprint density at radius 3 is 2.33 bits per heavy atom. The maximum Gasteiger partial charge on any atom is 0.325 e. The van der Waals surface area contributed by atoms with Crippen LogP contribution in [0.3, 0.4) is 0 Å². The first kappa shape index (κ1) is 9.39. The molecule has 0 radical (unpaired) electrons. The minimum absolute atomic E-state index is 0.311. The fraction of sp³-hybridized carbons (Fsp3) is 0. The smallest absolute Gasteiger partial charge is 0.325 e. The summed E-state index contributed by atoms with van der Waals surface area (Å²) < 4.78 is 17.7. The van der Waals surface area contributed by atoms with Crippen LogP contribution in [0.4, 0.5) is 4.48 Å². The van der Waals surface area contributed by atoms with Gasteiger partial charge in [-0.25, -0.2) is 0 Å². The van der Waals surface area contributed by atoms with E-state index in [0.717, 1.165) is 6.08 Å². The summed E-state index contributed by atoms with van der Waals surface area (Å²) in [5.74, 6) is -2.04. The van der Waals surface area contributed by atoms with Gasteiger partial charge >= 0.3 is 5.91 Å². The molecule has 1 aliphatic heterocycles. The van der Waals surface area contributed by atoms with E-state index in [0.29, 0.717) is 5.75 Å². The molecular weight excluding hydrogens is 201 g/mol. The molecule has 4 nitrogen and oxygen atoms in total. The minimum Gasteiger partial charge on any atom is -0.451 e. The second-order valence-corrected chi connectivity index (χ2v) is 2.85. The van der Waals surface area contributed by atoms with E-state index >= 15 is 0 Å². The Morgan fingerprint density at radius 1 is 1.13 bits per heavy atom. The molecule has 1 aliphatic rings. The zero-order valence-corrected chi connectivity index (χ0v) is 7.51. The first-order valence-electron chi connectivity index (χ1n) is 4.17. The van der Waals surface area contributed by atoms with Gasteiger partial charge in [-0.15, -0.1) is 0 Å². The molecule has 0 aliphatic carbocycles. The number of carbonyl (C=O) groups is 2. The Kier molecular flexibility index (Phi) is 2.21. The lowest BCUT2D eigenvalue weighted by Gasteiger charge is -2.04. The van der Waals surface area contributed by atoms with Gasteiger partial charge < -0.3 is 4.74 Å². The van der Waals surface area contributed by atoms with Crippen molar-refractivity contribution in [2.24, 2.45) is 0 Å². The number of hydrogen-bond donors (Lipinski definition) is 0. The SMILES string of the molecule is O=C1C=C(Oc2ccccc2)C(=O)N1F. The van der Waals surface area contributed by atoms with Gasteiger partial charge in [0.1, 0.15) is 5.75 Å². The molecule has 0 fully saturated rings. The monoisotopic (exact) mass is 207 g/mol. The van der Waals surface area contributed by atoms with Crippen LogP contribution in [0, 0.1) is 0 Å². The van der Waals surface area contributed by atoms with E-state index < -0.39 is 16.9 Å². The number of benzene rings is 1. The van der Waals surface area contributed by atoms with Crippen LogP contribution in [0.25, 0.3) is 0 Å². The average Bonchev–Trinajstić information content (AvgIpc) is 2.48. The van der Waals surface area contributed by atoms with Crippen LogP contribution in [0.15, 0.2) is 42.2 Å². The van der Waals surface area contributed by atoms with Crippen molar-refractivity contribution in [2.45, 2.75) is 0 Å². The number of rotatable bonds is 2. The van der Waals surface area contributed by atoms with Crippen molar-refractivity contribution in [2.75, 3.05) is 0 Å². The fourth-order valence-corrected chi connectivity index (χ4v) is 1.12. The minimum atomic E-state index is -1.08. The number of halogens is 1. The molecule has 1 aromatic rings. The van der Waals surface area contributed by atoms with E-state index in [1.807, 2.05) is 0 Å². The van der Waals surface area contributed by atoms with Crippen molar-refractivity contribution in [3.63, 3.8) is 0 Å². The molecule has 0 saturated carbocycles. The molecular formula is C10H6FNO3. The largest absolute Gasteiger partial charge is 0.451 e. The zero-order chi connectivity index (χ0) is 10.8. The van der Waals surface area contributed by atoms with Crippen molar-refractivity contribution in [1.29, 1.82) is 0 Å². The van der Waals surface area contributed by atoms with E-state index in [1.165, 1.54) is 0 Å². The molecule has 5 heteroatoms. The van der Waals surface area contributed by atoms with Gasteiger partial charge in [0.2, 0.25) is 5.76 Å². The predicted octanol–water partition coefficient (Wildman–Crippen LogP) is 1.20. The number of ether oxygens (including phenoxy) is 1. The van der Waals surface area contributed by atoms with Gasteiger partial charge in [-0.3, -0.25) is 9.59 Å². The molecule has 1 heterocycles. The number of nitrogens with zero attached hydrogens (tertiary/aromatic N) is 1. The third-order valence-corrected chi connectivity index (χ3v) is 1.81. The van der Waals surface area contributed by atoms with Crippen LogP contribution >= 0.6 is 0 Å². The van der Waals surface area contributed by atoms with Crippen LogP contribution in [-0.2, 0) is 9.59 Å². The molecule has 15 heavy (non-hydrogen) atoms. The van der Waals surface area contributed by atoms with Gasteiger partial charge in [0.05, 0.1) is 6.08 Å². The lowest BCUT2D eigenvalue weighted by Crippen LogP contribution is -2.22. The molecule has 0 aromatic heterocycles. The molecule has 0 unspecified atom stereocenters. The number of hydrogen-bond acceptors (Lipinski definition) is 3. The summed E-state index contributed by atoms with van der Waals surface area (Å²) in [5, 5.41) is -0.488. The number of para-hydroxylation sites is 1. The summed E-state index contributed by atoms with van der Waals surface area (Å²) in [4.78, 5) is 21.8. The Labute approximate surface area is 84.5 Å². The highest BCUT2D eigenvalue weighted by Gasteiger charge is 2.33. The van der Waals surface area contributed by atoms with Gasteiger partial charge in [-0.05, 0) is 12.1 Å². The zero-order valence-electron chi connectivity index (χ0n) is 7.51. The molecule has 2 amide bonds. The fourth-order valence-electron chi connectivity index (χ4n) is 1.12. The highest BCUT2D eigenvalue weighted by molar-refractivity contribution is 6.14. The Hall–Kier alpha value is -2.17. The van der Waals surface area contributed by atoms with E-state index in [4.69, 9.17) is 4.74 Å². The van der Waals surface area contributed by atoms with Crippen LogP contribution in [0.2, 0.25) is 0 Å². The topological polar surface area (TPSA) is 46.6 Å². The second-order valence-electron chi connectivity index (χ2n) is 2.85. The summed E-state index contributed by atoms with van der Waals surface area (Å²) in [6.45, 7) is 0. The molecule has 1 aromatic carbocycles. The van der Waals surface area contributed by atoms with Crippen LogP contribution in [0.5, 0.6) is 5.75 Å². The molecule has 0 bridgehead atoms. The van der Waals surface area contributed by atoms with Crippen molar-refractivity contribution >= 4 is 11.8 Å². The van der Waals surface area contributed by atoms with Gasteiger partial charge in [0.25, 0.3) is 5.91 Å². The predicted molar refractivity (Wildman–Crippen MR) is 48.1 cm³/mol. The van der Waals surface area contributed by atoms with Crippen LogP contribution in [0.1, 0.15) is 0 Å². The molecule has 0 saturated heterocycles. The van der Waals surface area contributed by atoms with E-state index in [-0.39, 0.29) is 5.76 Å². The average molecular weight is 207 g/mol. The Bertz CT molecular complexity index is 441. The van der Waals surface area contributed by atoms with E-state index in [1.54, 1.807) is 30.3 Å². The van der Waals surface area contributed by atoms with Crippen LogP contribution < -0.4 is 4.74 Å². The highest BCUT2D eigenvalue weighted by Crippen LogP contribution is 2.18. The summed E-state index contributed by atoms with van der Waals surface area (Å²) in [5.41, 5.74) is 0. The summed E-state index contributed by atoms with van der Waals surface area (Å²) >= 11 is 0. The third kappa shape index (κ3) is 1.71. The maximum absolute atomic E-state index is 12.7. The Balaban J connectivity index is 2.18. The maximum atomic E-state index is 12.7. The molecule has 0 atom stereocenters. The van der Waals surface area contributed by atoms with Gasteiger partial charge in [-0.1, -0.05) is 27.8 Å². The summed E-state index contributed by atoms with van der Waals surface area (Å²) in [6, 6.07) is 8.36. The number of amides is 2. The van der Waals surface area contributed by atoms with Crippen molar-refractivity contribution in [3.8, 4) is 5.75 Å². The van der Waals surface area contributed by atoms with Crippen LogP contribution in [-0.4, -0.2) is 16.9 Å². The lowest BCUT2D eigenvalue weighted by molar-refractivity contribution is -0.154. The Morgan fingerprint density at radius 2 is 1.80 bits per heavy atom. The van der Waals surface area contributed by atoms with Crippen molar-refractivity contribution in [3.05, 3.63) is 42.2 Å². The van der Waals surface area contributed by atoms with Gasteiger partial charge in [0, 0.05) is 0 Å². The number of carbonyl (C=O) groups excluding carboxylic acids is 2. The molecule has 76 valence electrons. The first-order valence-corrected chi connectivity index (χ1v) is 4.17. The molecule has 2 rings (SSSR count). The quantitative estimate of drug-likeness (QED) is 0.540. The van der Waals surface area contributed by atoms with E-state index in [2.05, 4.69) is 0 Å². The normalized spacial score (nSPS) is 15.5. The summed E-state index contributed by atoms with van der Waals surface area (Å²) in [6.07, 6.45) is 0.815. The first-order chi connectivity index (χ1) is 7.18. The van der Waals surface area contributed by atoms with Crippen molar-refractivity contribution in [1.82, 2.24) is 5.12 Å². The van der Waals surface area contributed by atoms with E-state index in [9.17, 15) is 14.1 Å². The van der Waals surface area contributed by atoms with Gasteiger partial charge in [-0.2, -0.15) is 0 Å².